The molecule has 296 valence electrons. The molecule has 1 N–H and O–H groups in total. The topological polar surface area (TPSA) is 114 Å². The van der Waals surface area contributed by atoms with Gasteiger partial charge in [-0.2, -0.15) is 8.42 Å². The van der Waals surface area contributed by atoms with Gasteiger partial charge in [0.2, 0.25) is 0 Å². The maximum Gasteiger partial charge on any atom is 0.294 e. The van der Waals surface area contributed by atoms with Crippen LogP contribution in [0.3, 0.4) is 0 Å². The summed E-state index contributed by atoms with van der Waals surface area (Å²) in [5.41, 5.74) is 12.5. The smallest absolute Gasteiger partial charge is 0.289 e. The van der Waals surface area contributed by atoms with Crippen LogP contribution in [0.25, 0.3) is 44.6 Å². The van der Waals surface area contributed by atoms with Crippen molar-refractivity contribution in [3.63, 3.8) is 0 Å². The first-order chi connectivity index (χ1) is 29.5. The molecule has 7 aromatic rings. The van der Waals surface area contributed by atoms with Gasteiger partial charge >= 0.3 is 0 Å². The lowest BCUT2D eigenvalue weighted by atomic mass is 9.90. The Kier molecular flexibility index (Phi) is 10.0. The van der Waals surface area contributed by atoms with Crippen molar-refractivity contribution in [3.8, 4) is 0 Å². The van der Waals surface area contributed by atoms with Crippen LogP contribution < -0.4 is 0 Å². The van der Waals surface area contributed by atoms with Gasteiger partial charge in [-0.25, -0.2) is 4.98 Å². The van der Waals surface area contributed by atoms with Gasteiger partial charge in [-0.05, 0) is 66.3 Å². The molecule has 0 fully saturated rings. The molecule has 0 radical (unpaired) electrons. The number of carbonyl (C=O) groups is 2. The Morgan fingerprint density at radius 2 is 0.672 bits per heavy atom. The van der Waals surface area contributed by atoms with Crippen molar-refractivity contribution in [1.29, 1.82) is 0 Å². The molecule has 7 nitrogen and oxygen atoms in total. The predicted molar refractivity (Wildman–Crippen MR) is 242 cm³/mol. The summed E-state index contributed by atoms with van der Waals surface area (Å²) in [5.74, 6) is -0.420. The SMILES string of the molecule is Cc1ccc(C2=C(c3ccccc3)C(c3cncc(C4=C(c5ccc(C)cc5)C(=O)C(c5ccc(S(=O)(=O)O)cc5)=C4c4ccccc4)n3)=C(c3ccc(C)cc3)C2=O)cc1. The van der Waals surface area contributed by atoms with Gasteiger partial charge in [0.15, 0.2) is 11.6 Å². The Morgan fingerprint density at radius 3 is 1.00 bits per heavy atom. The average molecular weight is 815 g/mol. The molecule has 0 bridgehead atoms. The monoisotopic (exact) mass is 814 g/mol. The molecule has 9 rings (SSSR count). The number of hydrogen-bond acceptors (Lipinski definition) is 6. The average Bonchev–Trinajstić information content (AvgIpc) is 3.76. The molecule has 6 aromatic carbocycles. The molecule has 1 aromatic heterocycles. The van der Waals surface area contributed by atoms with Crippen molar-refractivity contribution in [2.45, 2.75) is 25.7 Å². The maximum atomic E-state index is 15.2. The van der Waals surface area contributed by atoms with Crippen LogP contribution in [0.4, 0.5) is 0 Å². The highest BCUT2D eigenvalue weighted by Crippen LogP contribution is 2.52. The summed E-state index contributed by atoms with van der Waals surface area (Å²) in [6.45, 7) is 6.00. The molecule has 61 heavy (non-hydrogen) atoms. The van der Waals surface area contributed by atoms with Gasteiger partial charge in [-0.15, -0.1) is 0 Å². The van der Waals surface area contributed by atoms with Crippen LogP contribution in [0.5, 0.6) is 0 Å². The van der Waals surface area contributed by atoms with Crippen molar-refractivity contribution in [2.24, 2.45) is 0 Å². The summed E-state index contributed by atoms with van der Waals surface area (Å²) < 4.78 is 33.9. The Hall–Kier alpha value is -7.39. The van der Waals surface area contributed by atoms with Crippen LogP contribution in [0.1, 0.15) is 61.5 Å². The lowest BCUT2D eigenvalue weighted by Gasteiger charge is -2.16. The first-order valence-corrected chi connectivity index (χ1v) is 21.2. The lowest BCUT2D eigenvalue weighted by molar-refractivity contribution is -0.109. The molecule has 2 aliphatic rings. The Bertz CT molecular complexity index is 3140. The summed E-state index contributed by atoms with van der Waals surface area (Å²) in [6.07, 6.45) is 3.31. The van der Waals surface area contributed by atoms with Crippen molar-refractivity contribution >= 4 is 66.3 Å². The third kappa shape index (κ3) is 7.22. The molecular formula is C53H38N2O5S. The lowest BCUT2D eigenvalue weighted by Crippen LogP contribution is -2.04. The number of carbonyl (C=O) groups excluding carboxylic acids is 2. The van der Waals surface area contributed by atoms with Crippen molar-refractivity contribution in [2.75, 3.05) is 0 Å². The highest BCUT2D eigenvalue weighted by molar-refractivity contribution is 7.85. The van der Waals surface area contributed by atoms with E-state index >= 15 is 9.59 Å². The van der Waals surface area contributed by atoms with Gasteiger partial charge in [-0.1, -0.05) is 162 Å². The highest BCUT2D eigenvalue weighted by Gasteiger charge is 2.39. The van der Waals surface area contributed by atoms with E-state index in [1.165, 1.54) is 24.3 Å². The van der Waals surface area contributed by atoms with Crippen molar-refractivity contribution in [1.82, 2.24) is 9.97 Å². The summed E-state index contributed by atoms with van der Waals surface area (Å²) >= 11 is 0. The van der Waals surface area contributed by atoms with Crippen LogP contribution >= 0.6 is 0 Å². The molecule has 8 heteroatoms. The van der Waals surface area contributed by atoms with Gasteiger partial charge in [0, 0.05) is 44.6 Å². The van der Waals surface area contributed by atoms with Gasteiger partial charge in [-0.3, -0.25) is 19.1 Å². The predicted octanol–water partition coefficient (Wildman–Crippen LogP) is 10.9. The van der Waals surface area contributed by atoms with Crippen LogP contribution in [0.2, 0.25) is 0 Å². The van der Waals surface area contributed by atoms with Gasteiger partial charge in [0.25, 0.3) is 10.1 Å². The fourth-order valence-corrected chi connectivity index (χ4v) is 8.65. The standard InChI is InChI=1S/C53H38N2O5S/c1-32-14-20-37(21-15-32)46-44(35-10-6-4-7-11-35)50(48(52(46)56)38-22-16-33(2)17-23-38)42-30-54-31-43(55-42)51-45(36-12-8-5-9-13-36)47(40-26-28-41(29-27-40)61(58,59)60)53(57)49(51)39-24-18-34(3)19-25-39/h4-31H,1-3H3,(H,58,59,60). The van der Waals surface area contributed by atoms with E-state index in [2.05, 4.69) is 0 Å². The minimum atomic E-state index is -4.49. The molecule has 0 atom stereocenters. The van der Waals surface area contributed by atoms with E-state index in [-0.39, 0.29) is 16.5 Å². The number of hydrogen-bond donors (Lipinski definition) is 1. The summed E-state index contributed by atoms with van der Waals surface area (Å²) in [7, 11) is -4.49. The second-order valence-corrected chi connectivity index (χ2v) is 16.7. The summed E-state index contributed by atoms with van der Waals surface area (Å²) in [6, 6.07) is 48.6. The van der Waals surface area contributed by atoms with Crippen molar-refractivity contribution < 1.29 is 22.6 Å². The minimum Gasteiger partial charge on any atom is -0.289 e. The zero-order valence-corrected chi connectivity index (χ0v) is 34.4. The van der Waals surface area contributed by atoms with E-state index in [0.29, 0.717) is 61.5 Å². The maximum absolute atomic E-state index is 15.2. The van der Waals surface area contributed by atoms with E-state index in [1.54, 1.807) is 12.4 Å². The molecule has 2 aliphatic carbocycles. The summed E-state index contributed by atoms with van der Waals surface area (Å²) in [4.78, 5) is 40.2. The number of allylic oxidation sites excluding steroid dienone is 8. The summed E-state index contributed by atoms with van der Waals surface area (Å²) in [5, 5.41) is 0. The zero-order chi connectivity index (χ0) is 42.4. The molecule has 0 saturated heterocycles. The fourth-order valence-electron chi connectivity index (χ4n) is 8.17. The second kappa shape index (κ2) is 15.7. The molecule has 0 unspecified atom stereocenters. The van der Waals surface area contributed by atoms with Gasteiger partial charge < -0.3 is 0 Å². The second-order valence-electron chi connectivity index (χ2n) is 15.3. The molecule has 0 amide bonds. The number of rotatable bonds is 9. The van der Waals surface area contributed by atoms with E-state index in [0.717, 1.165) is 44.5 Å². The fraction of sp³-hybridized carbons (Fsp3) is 0.0566. The Morgan fingerprint density at radius 1 is 0.377 bits per heavy atom. The van der Waals surface area contributed by atoms with Gasteiger partial charge in [0.1, 0.15) is 0 Å². The number of Topliss-reactive ketones (excluding diaryl/α,β-unsaturated/α-hetero) is 2. The normalized spacial score (nSPS) is 14.5. The molecule has 0 saturated carbocycles. The van der Waals surface area contributed by atoms with Crippen molar-refractivity contribution in [3.05, 3.63) is 232 Å². The van der Waals surface area contributed by atoms with Gasteiger partial charge in [0.05, 0.1) is 28.7 Å². The molecule has 0 spiro atoms. The third-order valence-corrected chi connectivity index (χ3v) is 12.0. The molecule has 0 aliphatic heterocycles. The number of nitrogens with zero attached hydrogens (tertiary/aromatic N) is 2. The quantitative estimate of drug-likeness (QED) is 0.144. The van der Waals surface area contributed by atoms with E-state index in [4.69, 9.17) is 9.97 Å². The first-order valence-electron chi connectivity index (χ1n) is 19.8. The zero-order valence-electron chi connectivity index (χ0n) is 33.5. The minimum absolute atomic E-state index is 0.134. The number of aryl methyl sites for hydroxylation is 3. The van der Waals surface area contributed by atoms with E-state index in [9.17, 15) is 13.0 Å². The Balaban J connectivity index is 1.35. The number of ketones is 2. The van der Waals surface area contributed by atoms with Crippen LogP contribution in [-0.2, 0) is 19.7 Å². The van der Waals surface area contributed by atoms with Crippen LogP contribution in [0.15, 0.2) is 175 Å². The van der Waals surface area contributed by atoms with E-state index in [1.807, 2.05) is 154 Å². The Labute approximate surface area is 354 Å². The van der Waals surface area contributed by atoms with E-state index < -0.39 is 10.1 Å². The highest BCUT2D eigenvalue weighted by atomic mass is 32.2. The largest absolute Gasteiger partial charge is 0.294 e. The molecule has 1 heterocycles. The molecular weight excluding hydrogens is 777 g/mol. The first kappa shape index (κ1) is 39.1. The number of benzene rings is 6. The van der Waals surface area contributed by atoms with Crippen LogP contribution in [-0.4, -0.2) is 34.5 Å². The number of aromatic nitrogens is 2. The van der Waals surface area contributed by atoms with Crippen LogP contribution in [0, 0.1) is 20.8 Å². The third-order valence-electron chi connectivity index (χ3n) is 11.1.